The Morgan fingerprint density at radius 2 is 1.80 bits per heavy atom. The lowest BCUT2D eigenvalue weighted by Crippen LogP contribution is -2.47. The molecule has 0 unspecified atom stereocenters. The molecule has 0 saturated carbocycles. The van der Waals surface area contributed by atoms with Crippen molar-refractivity contribution in [3.63, 3.8) is 0 Å². The largest absolute Gasteiger partial charge is 0.379 e. The first-order chi connectivity index (χ1) is 14.4. The van der Waals surface area contributed by atoms with Crippen molar-refractivity contribution in [3.05, 3.63) is 23.3 Å². The van der Waals surface area contributed by atoms with Crippen LogP contribution >= 0.6 is 11.3 Å². The SMILES string of the molecule is Cc1ccc(C)c2sc(N(CCN3CCOCC3)C(=O)CN3C(=O)CCC3=O)nc12. The van der Waals surface area contributed by atoms with E-state index in [2.05, 4.69) is 11.0 Å². The van der Waals surface area contributed by atoms with E-state index >= 15 is 0 Å². The van der Waals surface area contributed by atoms with Crippen molar-refractivity contribution < 1.29 is 19.1 Å². The highest BCUT2D eigenvalue weighted by molar-refractivity contribution is 7.22. The molecule has 9 heteroatoms. The molecule has 2 aromatic rings. The lowest BCUT2D eigenvalue weighted by atomic mass is 10.1. The predicted octanol–water partition coefficient (Wildman–Crippen LogP) is 1.73. The quantitative estimate of drug-likeness (QED) is 0.649. The van der Waals surface area contributed by atoms with Crippen LogP contribution in [0.15, 0.2) is 12.1 Å². The molecular formula is C21H26N4O4S. The second-order valence-corrected chi connectivity index (χ2v) is 8.72. The molecule has 0 bridgehead atoms. The van der Waals surface area contributed by atoms with Gasteiger partial charge in [0.05, 0.1) is 23.4 Å². The van der Waals surface area contributed by atoms with Crippen molar-refractivity contribution in [2.75, 3.05) is 50.8 Å². The van der Waals surface area contributed by atoms with Gasteiger partial charge < -0.3 is 4.74 Å². The Labute approximate surface area is 179 Å². The monoisotopic (exact) mass is 430 g/mol. The van der Waals surface area contributed by atoms with Crippen molar-refractivity contribution in [2.45, 2.75) is 26.7 Å². The second kappa shape index (κ2) is 8.79. The Bertz CT molecular complexity index is 928. The second-order valence-electron chi connectivity index (χ2n) is 7.75. The summed E-state index contributed by atoms with van der Waals surface area (Å²) in [6, 6.07) is 4.09. The Kier molecular flexibility index (Phi) is 6.12. The third-order valence-electron chi connectivity index (χ3n) is 5.65. The molecule has 0 aliphatic carbocycles. The van der Waals surface area contributed by atoms with Crippen LogP contribution in [0.1, 0.15) is 24.0 Å². The lowest BCUT2D eigenvalue weighted by Gasteiger charge is -2.29. The fraction of sp³-hybridized carbons (Fsp3) is 0.524. The molecule has 160 valence electrons. The van der Waals surface area contributed by atoms with Crippen LogP contribution in [-0.4, -0.2) is 78.4 Å². The molecule has 4 rings (SSSR count). The van der Waals surface area contributed by atoms with Crippen LogP contribution in [0.2, 0.25) is 0 Å². The van der Waals surface area contributed by atoms with Crippen LogP contribution in [0.4, 0.5) is 5.13 Å². The standard InChI is InChI=1S/C21H26N4O4S/c1-14-3-4-15(2)20-19(14)22-21(30-20)24(8-7-23-9-11-29-12-10-23)18(28)13-25-16(26)5-6-17(25)27/h3-4H,5-13H2,1-2H3. The van der Waals surface area contributed by atoms with Gasteiger partial charge in [-0.05, 0) is 25.0 Å². The van der Waals surface area contributed by atoms with Gasteiger partial charge in [0.1, 0.15) is 6.54 Å². The predicted molar refractivity (Wildman–Crippen MR) is 115 cm³/mol. The number of carbonyl (C=O) groups excluding carboxylic acids is 3. The van der Waals surface area contributed by atoms with E-state index in [9.17, 15) is 14.4 Å². The number of fused-ring (bicyclic) bond motifs is 1. The normalized spacial score (nSPS) is 17.9. The number of amides is 3. The molecule has 1 aromatic heterocycles. The van der Waals surface area contributed by atoms with Crippen molar-refractivity contribution in [1.29, 1.82) is 0 Å². The van der Waals surface area contributed by atoms with E-state index in [-0.39, 0.29) is 37.1 Å². The highest BCUT2D eigenvalue weighted by Crippen LogP contribution is 2.33. The number of thiazole rings is 1. The lowest BCUT2D eigenvalue weighted by molar-refractivity contribution is -0.141. The Hall–Kier alpha value is -2.36. The average Bonchev–Trinajstić information content (AvgIpc) is 3.32. The molecule has 0 N–H and O–H groups in total. The van der Waals surface area contributed by atoms with Gasteiger partial charge in [-0.1, -0.05) is 23.5 Å². The maximum atomic E-state index is 13.2. The minimum Gasteiger partial charge on any atom is -0.379 e. The molecule has 2 aliphatic heterocycles. The number of aromatic nitrogens is 1. The van der Waals surface area contributed by atoms with Gasteiger partial charge >= 0.3 is 0 Å². The number of morpholine rings is 1. The van der Waals surface area contributed by atoms with Gasteiger partial charge in [-0.25, -0.2) is 4.98 Å². The fourth-order valence-corrected chi connectivity index (χ4v) is 4.93. The zero-order valence-corrected chi connectivity index (χ0v) is 18.2. The van der Waals surface area contributed by atoms with Crippen LogP contribution in [0.3, 0.4) is 0 Å². The number of benzene rings is 1. The van der Waals surface area contributed by atoms with E-state index < -0.39 is 0 Å². The summed E-state index contributed by atoms with van der Waals surface area (Å²) in [5, 5.41) is 0.611. The zero-order chi connectivity index (χ0) is 21.3. The summed E-state index contributed by atoms with van der Waals surface area (Å²) < 4.78 is 6.46. The number of nitrogens with zero attached hydrogens (tertiary/aromatic N) is 4. The molecule has 3 heterocycles. The third-order valence-corrected chi connectivity index (χ3v) is 6.87. The van der Waals surface area contributed by atoms with Gasteiger partial charge in [0, 0.05) is 39.0 Å². The number of carbonyl (C=O) groups is 3. The van der Waals surface area contributed by atoms with Gasteiger partial charge in [0.2, 0.25) is 17.7 Å². The minimum atomic E-state index is -0.280. The zero-order valence-electron chi connectivity index (χ0n) is 17.3. The number of hydrogen-bond acceptors (Lipinski definition) is 7. The summed E-state index contributed by atoms with van der Waals surface area (Å²) in [5.41, 5.74) is 3.07. The van der Waals surface area contributed by atoms with Gasteiger partial charge in [-0.3, -0.25) is 29.1 Å². The molecule has 1 aromatic carbocycles. The molecule has 8 nitrogen and oxygen atoms in total. The summed E-state index contributed by atoms with van der Waals surface area (Å²) >= 11 is 1.48. The number of anilines is 1. The first kappa shape index (κ1) is 20.9. The van der Waals surface area contributed by atoms with E-state index in [0.717, 1.165) is 39.3 Å². The number of rotatable bonds is 6. The number of likely N-dealkylation sites (tertiary alicyclic amines) is 1. The van der Waals surface area contributed by atoms with E-state index in [4.69, 9.17) is 9.72 Å². The van der Waals surface area contributed by atoms with Gasteiger partial charge in [0.25, 0.3) is 0 Å². The van der Waals surface area contributed by atoms with E-state index in [1.807, 2.05) is 19.9 Å². The first-order valence-corrected chi connectivity index (χ1v) is 11.1. The highest BCUT2D eigenvalue weighted by Gasteiger charge is 2.33. The van der Waals surface area contributed by atoms with Crippen molar-refractivity contribution in [2.24, 2.45) is 0 Å². The topological polar surface area (TPSA) is 83.0 Å². The fourth-order valence-electron chi connectivity index (χ4n) is 3.78. The van der Waals surface area contributed by atoms with E-state index in [1.165, 1.54) is 11.3 Å². The van der Waals surface area contributed by atoms with Crippen LogP contribution in [-0.2, 0) is 19.1 Å². The smallest absolute Gasteiger partial charge is 0.248 e. The average molecular weight is 431 g/mol. The van der Waals surface area contributed by atoms with Crippen molar-refractivity contribution in [1.82, 2.24) is 14.8 Å². The molecule has 2 saturated heterocycles. The molecule has 3 amide bonds. The summed E-state index contributed by atoms with van der Waals surface area (Å²) in [4.78, 5) is 47.0. The van der Waals surface area contributed by atoms with Crippen molar-refractivity contribution in [3.8, 4) is 0 Å². The number of aryl methyl sites for hydroxylation is 2. The molecule has 2 fully saturated rings. The van der Waals surface area contributed by atoms with E-state index in [0.29, 0.717) is 31.4 Å². The van der Waals surface area contributed by atoms with Crippen LogP contribution in [0, 0.1) is 13.8 Å². The summed E-state index contributed by atoms with van der Waals surface area (Å²) in [6.45, 7) is 7.96. The van der Waals surface area contributed by atoms with Gasteiger partial charge in [-0.2, -0.15) is 0 Å². The Morgan fingerprint density at radius 3 is 2.47 bits per heavy atom. The maximum Gasteiger partial charge on any atom is 0.248 e. The maximum absolute atomic E-state index is 13.2. The van der Waals surface area contributed by atoms with Crippen LogP contribution in [0.5, 0.6) is 0 Å². The molecule has 2 aliphatic rings. The Balaban J connectivity index is 1.60. The number of hydrogen-bond donors (Lipinski definition) is 0. The summed E-state index contributed by atoms with van der Waals surface area (Å²) in [7, 11) is 0. The first-order valence-electron chi connectivity index (χ1n) is 10.2. The van der Waals surface area contributed by atoms with E-state index in [1.54, 1.807) is 4.90 Å². The summed E-state index contributed by atoms with van der Waals surface area (Å²) in [5.74, 6) is -0.837. The van der Waals surface area contributed by atoms with Crippen LogP contribution in [0.25, 0.3) is 10.2 Å². The van der Waals surface area contributed by atoms with Crippen LogP contribution < -0.4 is 4.90 Å². The summed E-state index contributed by atoms with van der Waals surface area (Å²) in [6.07, 6.45) is 0.360. The molecule has 0 radical (unpaired) electrons. The van der Waals surface area contributed by atoms with Gasteiger partial charge in [-0.15, -0.1) is 0 Å². The third kappa shape index (κ3) is 4.23. The highest BCUT2D eigenvalue weighted by atomic mass is 32.1. The molecule has 0 spiro atoms. The number of ether oxygens (including phenoxy) is 1. The molecular weight excluding hydrogens is 404 g/mol. The molecule has 0 atom stereocenters. The van der Waals surface area contributed by atoms with Gasteiger partial charge in [0.15, 0.2) is 5.13 Å². The number of imide groups is 1. The van der Waals surface area contributed by atoms with Crippen molar-refractivity contribution >= 4 is 44.4 Å². The molecule has 30 heavy (non-hydrogen) atoms. The minimum absolute atomic E-state index is 0.180. The Morgan fingerprint density at radius 1 is 1.13 bits per heavy atom.